The summed E-state index contributed by atoms with van der Waals surface area (Å²) in [7, 11) is 0. The number of benzene rings is 7. The average Bonchev–Trinajstić information content (AvgIpc) is 3.74. The Kier molecular flexibility index (Phi) is 7.17. The molecule has 1 unspecified atom stereocenters. The van der Waals surface area contributed by atoms with Crippen LogP contribution in [0, 0.1) is 0 Å². The van der Waals surface area contributed by atoms with Crippen LogP contribution in [-0.4, -0.2) is 0 Å². The molecule has 7 aromatic carbocycles. The highest BCUT2D eigenvalue weighted by atomic mass is 16.3. The monoisotopic (exact) mass is 668 g/mol. The molecule has 1 atom stereocenters. The Bertz CT molecular complexity index is 2610. The third-order valence-electron chi connectivity index (χ3n) is 10.7. The van der Waals surface area contributed by atoms with E-state index in [2.05, 4.69) is 198 Å². The van der Waals surface area contributed by atoms with Crippen LogP contribution in [0.15, 0.2) is 198 Å². The molecule has 10 rings (SSSR count). The van der Waals surface area contributed by atoms with E-state index < -0.39 is 5.41 Å². The Labute approximate surface area is 303 Å². The molecule has 2 aliphatic carbocycles. The minimum Gasteiger partial charge on any atom is -0.456 e. The molecule has 3 heteroatoms. The summed E-state index contributed by atoms with van der Waals surface area (Å²) in [5, 5.41) is 6.05. The summed E-state index contributed by atoms with van der Waals surface area (Å²) < 4.78 is 6.52. The van der Waals surface area contributed by atoms with Gasteiger partial charge in [0.05, 0.1) is 16.5 Å². The zero-order valence-electron chi connectivity index (χ0n) is 28.7. The molecule has 248 valence electrons. The molecule has 1 N–H and O–H groups in total. The van der Waals surface area contributed by atoms with Crippen LogP contribution in [0.5, 0.6) is 0 Å². The molecule has 0 aliphatic heterocycles. The predicted molar refractivity (Wildman–Crippen MR) is 216 cm³/mol. The molecule has 1 aromatic heterocycles. The number of hydrogen-bond donors (Lipinski definition) is 1. The van der Waals surface area contributed by atoms with E-state index in [-0.39, 0.29) is 0 Å². The van der Waals surface area contributed by atoms with E-state index in [9.17, 15) is 0 Å². The van der Waals surface area contributed by atoms with Gasteiger partial charge in [0.15, 0.2) is 0 Å². The van der Waals surface area contributed by atoms with Crippen LogP contribution in [0.2, 0.25) is 0 Å². The molecule has 8 aromatic rings. The van der Waals surface area contributed by atoms with Crippen LogP contribution in [0.3, 0.4) is 0 Å². The number of anilines is 5. The maximum absolute atomic E-state index is 6.52. The number of fused-ring (bicyclic) bond motifs is 6. The first-order valence-electron chi connectivity index (χ1n) is 18.1. The van der Waals surface area contributed by atoms with Crippen molar-refractivity contribution in [1.82, 2.24) is 0 Å². The molecule has 1 heterocycles. The topological polar surface area (TPSA) is 28.4 Å². The summed E-state index contributed by atoms with van der Waals surface area (Å²) in [6.45, 7) is 0. The van der Waals surface area contributed by atoms with Gasteiger partial charge in [-0.3, -0.25) is 0 Å². The van der Waals surface area contributed by atoms with E-state index in [0.29, 0.717) is 0 Å². The summed E-state index contributed by atoms with van der Waals surface area (Å²) in [6.07, 6.45) is 9.25. The van der Waals surface area contributed by atoms with Crippen molar-refractivity contribution in [3.8, 4) is 11.1 Å². The zero-order valence-corrected chi connectivity index (χ0v) is 28.7. The second-order valence-electron chi connectivity index (χ2n) is 13.6. The fourth-order valence-electron chi connectivity index (χ4n) is 8.61. The highest BCUT2D eigenvalue weighted by Crippen LogP contribution is 2.59. The van der Waals surface area contributed by atoms with Crippen LogP contribution >= 0.6 is 0 Å². The minimum absolute atomic E-state index is 0.403. The van der Waals surface area contributed by atoms with Gasteiger partial charge in [0.25, 0.3) is 0 Å². The van der Waals surface area contributed by atoms with Crippen molar-refractivity contribution in [2.75, 3.05) is 10.2 Å². The number of para-hydroxylation sites is 2. The Morgan fingerprint density at radius 3 is 2.02 bits per heavy atom. The molecule has 0 bridgehead atoms. The van der Waals surface area contributed by atoms with Crippen molar-refractivity contribution in [2.24, 2.45) is 0 Å². The largest absolute Gasteiger partial charge is 0.456 e. The van der Waals surface area contributed by atoms with Gasteiger partial charge in [0, 0.05) is 33.7 Å². The lowest BCUT2D eigenvalue weighted by Gasteiger charge is -2.35. The molecule has 0 radical (unpaired) electrons. The average molecular weight is 669 g/mol. The molecule has 0 amide bonds. The maximum atomic E-state index is 6.52. The third-order valence-corrected chi connectivity index (χ3v) is 10.7. The standard InChI is InChI=1S/C49H36N2O/c1-5-17-34(18-6-1)49(35-19-7-2-8-20-35)41-26-14-13-25-39(41)47-42(49)27-15-28-43(47)50-36-31-32-45-40(33-36)48-44(29-16-30-46(48)52-45)51(37-21-9-3-10-22-37)38-23-11-4-12-24-38/h1,3-7,9-33,50H,2,8H2. The van der Waals surface area contributed by atoms with Crippen molar-refractivity contribution < 1.29 is 4.42 Å². The van der Waals surface area contributed by atoms with Gasteiger partial charge in [-0.05, 0) is 101 Å². The molecule has 0 fully saturated rings. The summed E-state index contributed by atoms with van der Waals surface area (Å²) in [6, 6.07) is 60.7. The van der Waals surface area contributed by atoms with Gasteiger partial charge < -0.3 is 14.6 Å². The van der Waals surface area contributed by atoms with E-state index in [0.717, 1.165) is 63.2 Å². The lowest BCUT2D eigenvalue weighted by Crippen LogP contribution is -2.29. The van der Waals surface area contributed by atoms with E-state index in [1.165, 1.54) is 33.4 Å². The van der Waals surface area contributed by atoms with Crippen molar-refractivity contribution in [1.29, 1.82) is 0 Å². The molecule has 0 saturated carbocycles. The molecular formula is C49H36N2O. The van der Waals surface area contributed by atoms with Gasteiger partial charge in [-0.15, -0.1) is 0 Å². The molecule has 0 spiro atoms. The SMILES string of the molecule is C1=CC(C2(c3ccccc3)c3ccccc3-c3c(Nc4ccc5oc6cccc(N(c7ccccc7)c7ccccc7)c6c5c4)cccc32)=CCC1. The van der Waals surface area contributed by atoms with Crippen molar-refractivity contribution in [3.63, 3.8) is 0 Å². The number of hydrogen-bond acceptors (Lipinski definition) is 3. The van der Waals surface area contributed by atoms with Crippen LogP contribution in [0.25, 0.3) is 33.1 Å². The molecule has 52 heavy (non-hydrogen) atoms. The van der Waals surface area contributed by atoms with Crippen molar-refractivity contribution in [2.45, 2.75) is 18.3 Å². The van der Waals surface area contributed by atoms with Gasteiger partial charge >= 0.3 is 0 Å². The molecular weight excluding hydrogens is 633 g/mol. The summed E-state index contributed by atoms with van der Waals surface area (Å²) in [4.78, 5) is 2.32. The lowest BCUT2D eigenvalue weighted by molar-refractivity contribution is 0.669. The fraction of sp³-hybridized carbons (Fsp3) is 0.0612. The van der Waals surface area contributed by atoms with Gasteiger partial charge in [-0.25, -0.2) is 0 Å². The normalized spacial score (nSPS) is 16.0. The third kappa shape index (κ3) is 4.66. The summed E-state index contributed by atoms with van der Waals surface area (Å²) in [5.74, 6) is 0. The number of allylic oxidation sites excluding steroid dienone is 4. The minimum atomic E-state index is -0.403. The van der Waals surface area contributed by atoms with E-state index in [1.54, 1.807) is 0 Å². The predicted octanol–water partition coefficient (Wildman–Crippen LogP) is 13.4. The van der Waals surface area contributed by atoms with Gasteiger partial charge in [-0.2, -0.15) is 0 Å². The van der Waals surface area contributed by atoms with Crippen LogP contribution in [0.1, 0.15) is 29.5 Å². The van der Waals surface area contributed by atoms with Crippen LogP contribution in [-0.2, 0) is 5.41 Å². The number of rotatable bonds is 7. The Morgan fingerprint density at radius 2 is 1.27 bits per heavy atom. The first kappa shape index (κ1) is 30.3. The quantitative estimate of drug-likeness (QED) is 0.183. The summed E-state index contributed by atoms with van der Waals surface area (Å²) >= 11 is 0. The van der Waals surface area contributed by atoms with Gasteiger partial charge in [0.2, 0.25) is 0 Å². The lowest BCUT2D eigenvalue weighted by atomic mass is 9.66. The van der Waals surface area contributed by atoms with E-state index in [4.69, 9.17) is 4.42 Å². The second-order valence-corrected chi connectivity index (χ2v) is 13.6. The zero-order chi connectivity index (χ0) is 34.5. The molecule has 0 saturated heterocycles. The maximum Gasteiger partial charge on any atom is 0.137 e. The van der Waals surface area contributed by atoms with Crippen molar-refractivity contribution >= 4 is 50.4 Å². The number of furan rings is 1. The Balaban J connectivity index is 1.15. The smallest absolute Gasteiger partial charge is 0.137 e. The Morgan fingerprint density at radius 1 is 0.577 bits per heavy atom. The summed E-state index contributed by atoms with van der Waals surface area (Å²) in [5.41, 5.74) is 14.4. The van der Waals surface area contributed by atoms with Gasteiger partial charge in [0.1, 0.15) is 11.2 Å². The highest BCUT2D eigenvalue weighted by Gasteiger charge is 2.47. The van der Waals surface area contributed by atoms with Gasteiger partial charge in [-0.1, -0.05) is 127 Å². The number of nitrogens with zero attached hydrogens (tertiary/aromatic N) is 1. The van der Waals surface area contributed by atoms with E-state index in [1.807, 2.05) is 0 Å². The van der Waals surface area contributed by atoms with Crippen LogP contribution in [0.4, 0.5) is 28.4 Å². The second kappa shape index (κ2) is 12.3. The van der Waals surface area contributed by atoms with Crippen LogP contribution < -0.4 is 10.2 Å². The molecule has 2 aliphatic rings. The molecule has 3 nitrogen and oxygen atoms in total. The first-order valence-corrected chi connectivity index (χ1v) is 18.1. The number of nitrogens with one attached hydrogen (secondary N) is 1. The first-order chi connectivity index (χ1) is 25.8. The highest BCUT2D eigenvalue weighted by molar-refractivity contribution is 6.14. The van der Waals surface area contributed by atoms with Crippen molar-refractivity contribution in [3.05, 3.63) is 210 Å². The Hall–Kier alpha value is -6.58. The fourth-order valence-corrected chi connectivity index (χ4v) is 8.61. The van der Waals surface area contributed by atoms with E-state index >= 15 is 0 Å².